The highest BCUT2D eigenvalue weighted by molar-refractivity contribution is 5.79. The van der Waals surface area contributed by atoms with Crippen LogP contribution in [0.1, 0.15) is 59.8 Å². The average molecular weight is 226 g/mol. The first-order chi connectivity index (χ1) is 7.45. The number of hydrogen-bond donors (Lipinski definition) is 0. The Kier molecular flexibility index (Phi) is 4.97. The van der Waals surface area contributed by atoms with Gasteiger partial charge >= 0.3 is 0 Å². The second-order valence-electron chi connectivity index (χ2n) is 6.00. The lowest BCUT2D eigenvalue weighted by Gasteiger charge is -2.40. The molecule has 2 nitrogen and oxygen atoms in total. The third kappa shape index (κ3) is 3.89. The maximum atomic E-state index is 11.3. The number of hydrogen-bond acceptors (Lipinski definition) is 2. The number of ketones is 1. The van der Waals surface area contributed by atoms with Gasteiger partial charge in [0.05, 0.1) is 6.10 Å². The van der Waals surface area contributed by atoms with Crippen LogP contribution in [0.3, 0.4) is 0 Å². The molecule has 0 aliphatic heterocycles. The van der Waals surface area contributed by atoms with Crippen molar-refractivity contribution in [3.8, 4) is 0 Å². The fourth-order valence-corrected chi connectivity index (χ4v) is 2.59. The molecular weight excluding hydrogens is 200 g/mol. The first-order valence-electron chi connectivity index (χ1n) is 6.58. The zero-order valence-corrected chi connectivity index (χ0v) is 11.2. The van der Waals surface area contributed by atoms with Crippen LogP contribution >= 0.6 is 0 Å². The molecule has 2 atom stereocenters. The van der Waals surface area contributed by atoms with Crippen LogP contribution in [0.2, 0.25) is 0 Å². The largest absolute Gasteiger partial charge is 0.370 e. The van der Waals surface area contributed by atoms with Gasteiger partial charge in [0.15, 0.2) is 5.78 Å². The van der Waals surface area contributed by atoms with E-state index in [9.17, 15) is 4.79 Å². The molecule has 0 saturated heterocycles. The van der Waals surface area contributed by atoms with Crippen LogP contribution in [0.5, 0.6) is 0 Å². The summed E-state index contributed by atoms with van der Waals surface area (Å²) >= 11 is 0. The molecule has 1 aliphatic carbocycles. The van der Waals surface area contributed by atoms with E-state index in [0.29, 0.717) is 30.5 Å². The fraction of sp³-hybridized carbons (Fsp3) is 0.929. The number of ether oxygens (including phenoxy) is 1. The Labute approximate surface area is 99.8 Å². The Bertz CT molecular complexity index is 227. The van der Waals surface area contributed by atoms with Crippen molar-refractivity contribution in [3.63, 3.8) is 0 Å². The lowest BCUT2D eigenvalue weighted by Crippen LogP contribution is -2.37. The molecule has 2 unspecified atom stereocenters. The van der Waals surface area contributed by atoms with Gasteiger partial charge in [0.2, 0.25) is 0 Å². The molecular formula is C14H26O2. The first-order valence-corrected chi connectivity index (χ1v) is 6.58. The number of rotatable bonds is 4. The Morgan fingerprint density at radius 1 is 1.25 bits per heavy atom. The van der Waals surface area contributed by atoms with Gasteiger partial charge in [0, 0.05) is 6.42 Å². The van der Waals surface area contributed by atoms with Crippen molar-refractivity contribution in [2.45, 2.75) is 65.9 Å². The molecule has 0 heterocycles. The molecule has 16 heavy (non-hydrogen) atoms. The standard InChI is InChI=1S/C14H26O2/c1-5-11(15)10-16-13-9-7-6-8-12(13)14(2,3)4/h12-13H,5-10H2,1-4H3. The summed E-state index contributed by atoms with van der Waals surface area (Å²) in [5.74, 6) is 0.823. The van der Waals surface area contributed by atoms with Gasteiger partial charge in [0.1, 0.15) is 6.61 Å². The predicted octanol–water partition coefficient (Wildman–Crippen LogP) is 3.59. The van der Waals surface area contributed by atoms with E-state index in [-0.39, 0.29) is 5.78 Å². The van der Waals surface area contributed by atoms with Gasteiger partial charge in [-0.15, -0.1) is 0 Å². The summed E-state index contributed by atoms with van der Waals surface area (Å²) in [4.78, 5) is 11.3. The van der Waals surface area contributed by atoms with Gasteiger partial charge in [-0.1, -0.05) is 40.5 Å². The molecule has 0 aromatic rings. The lowest BCUT2D eigenvalue weighted by molar-refractivity contribution is -0.129. The number of Topliss-reactive ketones (excluding diaryl/α,β-unsaturated/α-hetero) is 1. The fourth-order valence-electron chi connectivity index (χ4n) is 2.59. The van der Waals surface area contributed by atoms with Gasteiger partial charge in [-0.25, -0.2) is 0 Å². The van der Waals surface area contributed by atoms with Gasteiger partial charge in [-0.3, -0.25) is 4.79 Å². The van der Waals surface area contributed by atoms with E-state index in [2.05, 4.69) is 20.8 Å². The van der Waals surface area contributed by atoms with Crippen molar-refractivity contribution >= 4 is 5.78 Å². The van der Waals surface area contributed by atoms with E-state index < -0.39 is 0 Å². The molecule has 0 aromatic carbocycles. The maximum Gasteiger partial charge on any atom is 0.158 e. The van der Waals surface area contributed by atoms with Crippen LogP contribution in [-0.4, -0.2) is 18.5 Å². The van der Waals surface area contributed by atoms with Crippen molar-refractivity contribution in [2.24, 2.45) is 11.3 Å². The topological polar surface area (TPSA) is 26.3 Å². The SMILES string of the molecule is CCC(=O)COC1CCCCC1C(C)(C)C. The van der Waals surface area contributed by atoms with E-state index in [1.165, 1.54) is 19.3 Å². The Morgan fingerprint density at radius 3 is 2.44 bits per heavy atom. The molecule has 1 saturated carbocycles. The van der Waals surface area contributed by atoms with Crippen molar-refractivity contribution in [1.82, 2.24) is 0 Å². The minimum Gasteiger partial charge on any atom is -0.370 e. The van der Waals surface area contributed by atoms with E-state index in [1.807, 2.05) is 6.92 Å². The van der Waals surface area contributed by atoms with Crippen molar-refractivity contribution in [1.29, 1.82) is 0 Å². The van der Waals surface area contributed by atoms with E-state index in [4.69, 9.17) is 4.74 Å². The molecule has 2 heteroatoms. The zero-order chi connectivity index (χ0) is 12.2. The van der Waals surface area contributed by atoms with Gasteiger partial charge in [-0.2, -0.15) is 0 Å². The van der Waals surface area contributed by atoms with Gasteiger partial charge < -0.3 is 4.74 Å². The summed E-state index contributed by atoms with van der Waals surface area (Å²) in [5.41, 5.74) is 0.292. The Morgan fingerprint density at radius 2 is 1.88 bits per heavy atom. The highest BCUT2D eigenvalue weighted by Gasteiger charge is 2.34. The molecule has 1 rings (SSSR count). The van der Waals surface area contributed by atoms with Crippen LogP contribution in [-0.2, 0) is 9.53 Å². The summed E-state index contributed by atoms with van der Waals surface area (Å²) in [6, 6.07) is 0. The summed E-state index contributed by atoms with van der Waals surface area (Å²) < 4.78 is 5.83. The summed E-state index contributed by atoms with van der Waals surface area (Å²) in [6.45, 7) is 9.05. The molecule has 1 fully saturated rings. The summed E-state index contributed by atoms with van der Waals surface area (Å²) in [6.07, 6.45) is 5.81. The normalized spacial score (nSPS) is 26.8. The van der Waals surface area contributed by atoms with Gasteiger partial charge in [0.25, 0.3) is 0 Å². The van der Waals surface area contributed by atoms with Crippen molar-refractivity contribution in [2.75, 3.05) is 6.61 Å². The smallest absolute Gasteiger partial charge is 0.158 e. The van der Waals surface area contributed by atoms with Crippen LogP contribution in [0, 0.1) is 11.3 Å². The van der Waals surface area contributed by atoms with Crippen LogP contribution in [0.25, 0.3) is 0 Å². The molecule has 0 spiro atoms. The molecule has 0 amide bonds. The third-order valence-electron chi connectivity index (χ3n) is 3.67. The monoisotopic (exact) mass is 226 g/mol. The highest BCUT2D eigenvalue weighted by Crippen LogP contribution is 2.39. The molecule has 0 radical (unpaired) electrons. The van der Waals surface area contributed by atoms with Crippen LogP contribution in [0.15, 0.2) is 0 Å². The number of carbonyl (C=O) groups excluding carboxylic acids is 1. The summed E-state index contributed by atoms with van der Waals surface area (Å²) in [7, 11) is 0. The summed E-state index contributed by atoms with van der Waals surface area (Å²) in [5, 5.41) is 0. The van der Waals surface area contributed by atoms with Crippen LogP contribution < -0.4 is 0 Å². The zero-order valence-electron chi connectivity index (χ0n) is 11.2. The van der Waals surface area contributed by atoms with Gasteiger partial charge in [-0.05, 0) is 24.2 Å². The predicted molar refractivity (Wildman–Crippen MR) is 66.5 cm³/mol. The second-order valence-corrected chi connectivity index (χ2v) is 6.00. The first kappa shape index (κ1) is 13.7. The Balaban J connectivity index is 2.51. The third-order valence-corrected chi connectivity index (χ3v) is 3.67. The molecule has 1 aliphatic rings. The molecule has 0 bridgehead atoms. The van der Waals surface area contributed by atoms with Crippen LogP contribution in [0.4, 0.5) is 0 Å². The number of carbonyl (C=O) groups is 1. The van der Waals surface area contributed by atoms with E-state index in [1.54, 1.807) is 0 Å². The molecule has 94 valence electrons. The van der Waals surface area contributed by atoms with E-state index >= 15 is 0 Å². The second kappa shape index (κ2) is 5.81. The minimum absolute atomic E-state index is 0.221. The average Bonchev–Trinajstić information content (AvgIpc) is 2.25. The minimum atomic E-state index is 0.221. The van der Waals surface area contributed by atoms with E-state index in [0.717, 1.165) is 6.42 Å². The van der Waals surface area contributed by atoms with Crippen molar-refractivity contribution in [3.05, 3.63) is 0 Å². The highest BCUT2D eigenvalue weighted by atomic mass is 16.5. The molecule has 0 N–H and O–H groups in total. The molecule has 0 aromatic heterocycles. The van der Waals surface area contributed by atoms with Crippen molar-refractivity contribution < 1.29 is 9.53 Å². The lowest BCUT2D eigenvalue weighted by atomic mass is 9.71. The quantitative estimate of drug-likeness (QED) is 0.732. The maximum absolute atomic E-state index is 11.3. The Hall–Kier alpha value is -0.370.